The summed E-state index contributed by atoms with van der Waals surface area (Å²) in [5.41, 5.74) is 9.62. The van der Waals surface area contributed by atoms with Crippen LogP contribution in [0.4, 0.5) is 5.82 Å². The summed E-state index contributed by atoms with van der Waals surface area (Å²) >= 11 is 0. The zero-order valence-electron chi connectivity index (χ0n) is 18.2. The molecule has 8 nitrogen and oxygen atoms in total. The van der Waals surface area contributed by atoms with Crippen molar-refractivity contribution in [3.63, 3.8) is 0 Å². The monoisotopic (exact) mass is 422 g/mol. The molecule has 164 valence electrons. The number of hydrogen-bond acceptors (Lipinski definition) is 5. The van der Waals surface area contributed by atoms with Crippen LogP contribution in [0, 0.1) is 23.2 Å². The first-order valence-corrected chi connectivity index (χ1v) is 11.1. The summed E-state index contributed by atoms with van der Waals surface area (Å²) in [6, 6.07) is 2.02. The van der Waals surface area contributed by atoms with Gasteiger partial charge in [0.2, 0.25) is 5.91 Å². The Morgan fingerprint density at radius 2 is 2.03 bits per heavy atom. The van der Waals surface area contributed by atoms with E-state index in [1.807, 2.05) is 24.5 Å². The summed E-state index contributed by atoms with van der Waals surface area (Å²) in [5.74, 6) is 0.847. The number of carbonyl (C=O) groups excluding carboxylic acids is 2. The average Bonchev–Trinajstić information content (AvgIpc) is 3.66. The predicted octanol–water partition coefficient (Wildman–Crippen LogP) is 2.70. The van der Waals surface area contributed by atoms with E-state index in [2.05, 4.69) is 15.6 Å². The van der Waals surface area contributed by atoms with E-state index in [4.69, 9.17) is 5.73 Å². The lowest BCUT2D eigenvalue weighted by Crippen LogP contribution is -2.33. The molecule has 1 heterocycles. The van der Waals surface area contributed by atoms with Crippen LogP contribution in [0.2, 0.25) is 0 Å². The minimum Gasteiger partial charge on any atom is -0.383 e. The third kappa shape index (κ3) is 4.66. The number of imidazole rings is 1. The second-order valence-electron chi connectivity index (χ2n) is 9.07. The highest BCUT2D eigenvalue weighted by Gasteiger charge is 2.33. The molecule has 0 aliphatic heterocycles. The second-order valence-corrected chi connectivity index (χ2v) is 9.07. The van der Waals surface area contributed by atoms with Gasteiger partial charge in [-0.3, -0.25) is 9.59 Å². The molecule has 3 aliphatic carbocycles. The van der Waals surface area contributed by atoms with Crippen LogP contribution in [0.1, 0.15) is 70.5 Å². The van der Waals surface area contributed by atoms with Gasteiger partial charge in [0.15, 0.2) is 5.69 Å². The summed E-state index contributed by atoms with van der Waals surface area (Å²) in [7, 11) is 0. The van der Waals surface area contributed by atoms with Crippen LogP contribution in [-0.4, -0.2) is 27.9 Å². The molecule has 0 saturated heterocycles. The fourth-order valence-corrected chi connectivity index (χ4v) is 4.22. The van der Waals surface area contributed by atoms with Crippen LogP contribution in [-0.2, 0) is 9.59 Å². The lowest BCUT2D eigenvalue weighted by atomic mass is 9.83. The Balaban J connectivity index is 1.62. The van der Waals surface area contributed by atoms with E-state index in [0.29, 0.717) is 36.0 Å². The number of nitriles is 1. The minimum absolute atomic E-state index is 0.00599. The number of carbonyl (C=O) groups is 2. The first-order valence-electron chi connectivity index (χ1n) is 11.1. The van der Waals surface area contributed by atoms with Crippen molar-refractivity contribution in [1.82, 2.24) is 20.2 Å². The maximum atomic E-state index is 13.2. The molecule has 0 radical (unpaired) electrons. The van der Waals surface area contributed by atoms with Crippen LogP contribution in [0.3, 0.4) is 0 Å². The van der Waals surface area contributed by atoms with Gasteiger partial charge in [-0.2, -0.15) is 5.26 Å². The molecule has 1 aromatic heterocycles. The van der Waals surface area contributed by atoms with Gasteiger partial charge in [-0.05, 0) is 70.3 Å². The Labute approximate surface area is 182 Å². The number of nitrogen functional groups attached to an aromatic ring is 1. The number of nitrogens with one attached hydrogen (secondary N) is 2. The third-order valence-electron chi connectivity index (χ3n) is 6.55. The molecule has 4 N–H and O–H groups in total. The van der Waals surface area contributed by atoms with Crippen LogP contribution in [0.5, 0.6) is 0 Å². The van der Waals surface area contributed by atoms with Gasteiger partial charge in [0.1, 0.15) is 11.9 Å². The van der Waals surface area contributed by atoms with Gasteiger partial charge in [-0.15, -0.1) is 0 Å². The van der Waals surface area contributed by atoms with E-state index >= 15 is 0 Å². The zero-order chi connectivity index (χ0) is 22.1. The van der Waals surface area contributed by atoms with Crippen molar-refractivity contribution in [3.05, 3.63) is 34.4 Å². The number of allylic oxidation sites excluding steroid dienone is 2. The molecule has 0 spiro atoms. The fourth-order valence-electron chi connectivity index (χ4n) is 4.22. The summed E-state index contributed by atoms with van der Waals surface area (Å²) in [5, 5.41) is 15.2. The van der Waals surface area contributed by atoms with E-state index < -0.39 is 0 Å². The molecular formula is C23H30N6O2. The smallest absolute Gasteiger partial charge is 0.253 e. The minimum atomic E-state index is -0.133. The lowest BCUT2D eigenvalue weighted by molar-refractivity contribution is -0.121. The van der Waals surface area contributed by atoms with Crippen LogP contribution in [0.15, 0.2) is 28.7 Å². The van der Waals surface area contributed by atoms with Crippen molar-refractivity contribution in [1.29, 1.82) is 5.26 Å². The topological polar surface area (TPSA) is 126 Å². The fraction of sp³-hybridized carbons (Fsp3) is 0.565. The van der Waals surface area contributed by atoms with Gasteiger partial charge in [0.25, 0.3) is 5.91 Å². The number of nitrogens with two attached hydrogens (primary N) is 1. The quantitative estimate of drug-likeness (QED) is 0.583. The standard InChI is InChI=1S/C23H30N6O2/c1-13-3-8-17(29-12-27-19(10-24)21(29)25)9-18(13)20(23(31)26-11-15-4-5-15)14(2)28-22(30)16-6-7-16/h12,15-17H,3-9,11,25H2,1-2H3,(H,26,31)(H,28,30)/b20-14-/t17-/m0/s1. The first-order chi connectivity index (χ1) is 14.9. The Morgan fingerprint density at radius 3 is 2.65 bits per heavy atom. The number of anilines is 1. The van der Waals surface area contributed by atoms with E-state index in [0.717, 1.165) is 49.7 Å². The van der Waals surface area contributed by atoms with Crippen molar-refractivity contribution < 1.29 is 9.59 Å². The van der Waals surface area contributed by atoms with Gasteiger partial charge in [0.05, 0.1) is 11.9 Å². The normalized spacial score (nSPS) is 21.9. The molecule has 2 fully saturated rings. The maximum Gasteiger partial charge on any atom is 0.253 e. The maximum absolute atomic E-state index is 13.2. The molecule has 1 atom stereocenters. The summed E-state index contributed by atoms with van der Waals surface area (Å²) < 4.78 is 1.84. The van der Waals surface area contributed by atoms with E-state index in [1.54, 1.807) is 6.33 Å². The molecule has 3 aliphatic rings. The molecule has 0 unspecified atom stereocenters. The van der Waals surface area contributed by atoms with Gasteiger partial charge >= 0.3 is 0 Å². The second kappa shape index (κ2) is 8.58. The Morgan fingerprint density at radius 1 is 1.29 bits per heavy atom. The Hall–Kier alpha value is -3.08. The van der Waals surface area contributed by atoms with Crippen molar-refractivity contribution in [3.8, 4) is 6.07 Å². The van der Waals surface area contributed by atoms with E-state index in [9.17, 15) is 14.9 Å². The van der Waals surface area contributed by atoms with E-state index in [1.165, 1.54) is 0 Å². The van der Waals surface area contributed by atoms with E-state index in [-0.39, 0.29) is 29.5 Å². The molecule has 4 rings (SSSR count). The van der Waals surface area contributed by atoms with Crippen LogP contribution < -0.4 is 16.4 Å². The molecule has 2 amide bonds. The van der Waals surface area contributed by atoms with Crippen molar-refractivity contribution >= 4 is 17.6 Å². The number of rotatable bonds is 7. The lowest BCUT2D eigenvalue weighted by Gasteiger charge is -2.29. The van der Waals surface area contributed by atoms with Crippen molar-refractivity contribution in [2.24, 2.45) is 11.8 Å². The Bertz CT molecular complexity index is 1000. The number of hydrogen-bond donors (Lipinski definition) is 3. The van der Waals surface area contributed by atoms with Crippen molar-refractivity contribution in [2.75, 3.05) is 12.3 Å². The summed E-state index contributed by atoms with van der Waals surface area (Å²) in [6.07, 6.45) is 7.99. The highest BCUT2D eigenvalue weighted by atomic mass is 16.2. The van der Waals surface area contributed by atoms with Crippen molar-refractivity contribution in [2.45, 2.75) is 64.8 Å². The van der Waals surface area contributed by atoms with Crippen LogP contribution in [0.25, 0.3) is 0 Å². The third-order valence-corrected chi connectivity index (χ3v) is 6.55. The number of amides is 2. The molecule has 8 heteroatoms. The first kappa shape index (κ1) is 21.2. The average molecular weight is 423 g/mol. The largest absolute Gasteiger partial charge is 0.383 e. The zero-order valence-corrected chi connectivity index (χ0v) is 18.2. The molecule has 31 heavy (non-hydrogen) atoms. The van der Waals surface area contributed by atoms with Gasteiger partial charge in [0, 0.05) is 24.2 Å². The molecule has 2 saturated carbocycles. The highest BCUT2D eigenvalue weighted by Crippen LogP contribution is 2.39. The van der Waals surface area contributed by atoms with Gasteiger partial charge in [-0.25, -0.2) is 4.98 Å². The molecule has 0 bridgehead atoms. The number of nitrogens with zero attached hydrogens (tertiary/aromatic N) is 3. The van der Waals surface area contributed by atoms with Gasteiger partial charge < -0.3 is 20.9 Å². The molecule has 1 aromatic rings. The summed E-state index contributed by atoms with van der Waals surface area (Å²) in [6.45, 7) is 4.53. The molecular weight excluding hydrogens is 392 g/mol. The summed E-state index contributed by atoms with van der Waals surface area (Å²) in [4.78, 5) is 29.7. The highest BCUT2D eigenvalue weighted by molar-refractivity contribution is 5.99. The SMILES string of the molecule is CC1=C(/C(C(=O)NCC2CC2)=C(\C)NC(=O)C2CC2)C[C@@H](n2cnc(C#N)c2N)CC1. The number of aromatic nitrogens is 2. The predicted molar refractivity (Wildman–Crippen MR) is 116 cm³/mol. The van der Waals surface area contributed by atoms with Gasteiger partial charge in [-0.1, -0.05) is 5.57 Å². The van der Waals surface area contributed by atoms with Crippen LogP contribution >= 0.6 is 0 Å². The Kier molecular flexibility index (Phi) is 5.86. The molecule has 0 aromatic carbocycles.